The summed E-state index contributed by atoms with van der Waals surface area (Å²) >= 11 is 0. The summed E-state index contributed by atoms with van der Waals surface area (Å²) < 4.78 is 26.9. The van der Waals surface area contributed by atoms with Gasteiger partial charge in [-0.05, 0) is 37.6 Å². The molecule has 0 radical (unpaired) electrons. The predicted octanol–water partition coefficient (Wildman–Crippen LogP) is 1.87. The maximum Gasteiger partial charge on any atom is 0.240 e. The van der Waals surface area contributed by atoms with E-state index in [9.17, 15) is 8.42 Å². The van der Waals surface area contributed by atoms with Crippen molar-refractivity contribution in [3.63, 3.8) is 0 Å². The average molecular weight is 270 g/mol. The molecular formula is C13H22N2O2S. The summed E-state index contributed by atoms with van der Waals surface area (Å²) in [6, 6.07) is 6.97. The van der Waals surface area contributed by atoms with E-state index < -0.39 is 10.0 Å². The van der Waals surface area contributed by atoms with Gasteiger partial charge in [0.15, 0.2) is 0 Å². The first-order valence-electron chi connectivity index (χ1n) is 6.29. The fourth-order valence-electron chi connectivity index (χ4n) is 1.73. The van der Waals surface area contributed by atoms with Gasteiger partial charge in [-0.25, -0.2) is 13.1 Å². The molecule has 0 fully saturated rings. The zero-order chi connectivity index (χ0) is 13.6. The summed E-state index contributed by atoms with van der Waals surface area (Å²) in [5.41, 5.74) is 1.07. The third kappa shape index (κ3) is 4.08. The summed E-state index contributed by atoms with van der Waals surface area (Å²) in [5.74, 6) is 0. The number of nitrogens with one attached hydrogen (secondary N) is 2. The van der Waals surface area contributed by atoms with Gasteiger partial charge < -0.3 is 5.32 Å². The normalized spacial score (nSPS) is 12.0. The van der Waals surface area contributed by atoms with Crippen molar-refractivity contribution in [3.05, 3.63) is 29.8 Å². The van der Waals surface area contributed by atoms with Gasteiger partial charge in [0, 0.05) is 12.6 Å². The second-order valence-corrected chi connectivity index (χ2v) is 6.02. The predicted molar refractivity (Wildman–Crippen MR) is 73.9 cm³/mol. The van der Waals surface area contributed by atoms with Crippen molar-refractivity contribution < 1.29 is 8.42 Å². The first-order valence-corrected chi connectivity index (χ1v) is 7.77. The number of hydrogen-bond acceptors (Lipinski definition) is 3. The first kappa shape index (κ1) is 15.1. The Morgan fingerprint density at radius 1 is 1.11 bits per heavy atom. The van der Waals surface area contributed by atoms with Crippen LogP contribution >= 0.6 is 0 Å². The van der Waals surface area contributed by atoms with Crippen LogP contribution < -0.4 is 10.0 Å². The molecule has 4 nitrogen and oxygen atoms in total. The van der Waals surface area contributed by atoms with Gasteiger partial charge in [-0.15, -0.1) is 0 Å². The van der Waals surface area contributed by atoms with Gasteiger partial charge in [-0.2, -0.15) is 0 Å². The molecule has 0 saturated carbocycles. The lowest BCUT2D eigenvalue weighted by atomic mass is 10.2. The Labute approximate surface area is 110 Å². The molecule has 0 unspecified atom stereocenters. The highest BCUT2D eigenvalue weighted by atomic mass is 32.2. The van der Waals surface area contributed by atoms with Crippen LogP contribution in [0.25, 0.3) is 0 Å². The maximum absolute atomic E-state index is 12.1. The monoisotopic (exact) mass is 270 g/mol. The van der Waals surface area contributed by atoms with Gasteiger partial charge >= 0.3 is 0 Å². The van der Waals surface area contributed by atoms with E-state index in [0.29, 0.717) is 4.90 Å². The van der Waals surface area contributed by atoms with Crippen molar-refractivity contribution in [1.29, 1.82) is 0 Å². The van der Waals surface area contributed by atoms with Crippen LogP contribution in [-0.4, -0.2) is 21.5 Å². The molecular weight excluding hydrogens is 248 g/mol. The third-order valence-electron chi connectivity index (χ3n) is 2.92. The van der Waals surface area contributed by atoms with Crippen LogP contribution in [-0.2, 0) is 16.6 Å². The van der Waals surface area contributed by atoms with Crippen molar-refractivity contribution >= 4 is 10.0 Å². The van der Waals surface area contributed by atoms with Crippen molar-refractivity contribution in [2.24, 2.45) is 0 Å². The second-order valence-electron chi connectivity index (χ2n) is 4.31. The minimum absolute atomic E-state index is 0.00647. The van der Waals surface area contributed by atoms with E-state index >= 15 is 0 Å². The SMILES string of the molecule is CCC(CC)NS(=O)(=O)c1ccc(CNC)cc1. The lowest BCUT2D eigenvalue weighted by Crippen LogP contribution is -2.33. The highest BCUT2D eigenvalue weighted by Crippen LogP contribution is 2.12. The minimum Gasteiger partial charge on any atom is -0.316 e. The Morgan fingerprint density at radius 2 is 1.67 bits per heavy atom. The molecule has 1 aromatic carbocycles. The third-order valence-corrected chi connectivity index (χ3v) is 4.46. The molecule has 0 aromatic heterocycles. The van der Waals surface area contributed by atoms with E-state index in [0.717, 1.165) is 24.9 Å². The van der Waals surface area contributed by atoms with E-state index in [2.05, 4.69) is 10.0 Å². The highest BCUT2D eigenvalue weighted by Gasteiger charge is 2.17. The van der Waals surface area contributed by atoms with Crippen molar-refractivity contribution in [2.75, 3.05) is 7.05 Å². The lowest BCUT2D eigenvalue weighted by molar-refractivity contribution is 0.530. The zero-order valence-electron chi connectivity index (χ0n) is 11.2. The fourth-order valence-corrected chi connectivity index (χ4v) is 3.14. The summed E-state index contributed by atoms with van der Waals surface area (Å²) in [5, 5.41) is 3.03. The molecule has 0 bridgehead atoms. The van der Waals surface area contributed by atoms with Gasteiger partial charge in [0.1, 0.15) is 0 Å². The molecule has 0 spiro atoms. The smallest absolute Gasteiger partial charge is 0.240 e. The largest absolute Gasteiger partial charge is 0.316 e. The number of benzene rings is 1. The van der Waals surface area contributed by atoms with Crippen LogP contribution in [0.1, 0.15) is 32.3 Å². The molecule has 0 amide bonds. The van der Waals surface area contributed by atoms with Crippen LogP contribution in [0.3, 0.4) is 0 Å². The molecule has 0 atom stereocenters. The van der Waals surface area contributed by atoms with E-state index in [4.69, 9.17) is 0 Å². The van der Waals surface area contributed by atoms with Crippen LogP contribution in [0.15, 0.2) is 29.2 Å². The maximum atomic E-state index is 12.1. The summed E-state index contributed by atoms with van der Waals surface area (Å²) in [4.78, 5) is 0.328. The van der Waals surface area contributed by atoms with Crippen LogP contribution in [0.4, 0.5) is 0 Å². The number of hydrogen-bond donors (Lipinski definition) is 2. The van der Waals surface area contributed by atoms with Crippen molar-refractivity contribution in [1.82, 2.24) is 10.0 Å². The van der Waals surface area contributed by atoms with Crippen LogP contribution in [0.2, 0.25) is 0 Å². The Morgan fingerprint density at radius 3 is 2.11 bits per heavy atom. The molecule has 0 heterocycles. The lowest BCUT2D eigenvalue weighted by Gasteiger charge is -2.15. The first-order chi connectivity index (χ1) is 8.53. The Balaban J connectivity index is 2.84. The topological polar surface area (TPSA) is 58.2 Å². The molecule has 1 rings (SSSR count). The second kappa shape index (κ2) is 6.87. The zero-order valence-corrected chi connectivity index (χ0v) is 12.0. The Hall–Kier alpha value is -0.910. The van der Waals surface area contributed by atoms with Gasteiger partial charge in [-0.1, -0.05) is 26.0 Å². The van der Waals surface area contributed by atoms with Crippen LogP contribution in [0, 0.1) is 0 Å². The molecule has 0 aliphatic heterocycles. The summed E-state index contributed by atoms with van der Waals surface area (Å²) in [7, 11) is -1.53. The summed E-state index contributed by atoms with van der Waals surface area (Å²) in [6.45, 7) is 4.69. The molecule has 18 heavy (non-hydrogen) atoms. The van der Waals surface area contributed by atoms with E-state index in [1.165, 1.54) is 0 Å². The standard InChI is InChI=1S/C13H22N2O2S/c1-4-12(5-2)15-18(16,17)13-8-6-11(7-9-13)10-14-3/h6-9,12,14-15H,4-5,10H2,1-3H3. The van der Waals surface area contributed by atoms with E-state index in [1.807, 2.05) is 33.0 Å². The number of rotatable bonds is 7. The Kier molecular flexibility index (Phi) is 5.78. The Bertz CT molecular complexity index is 450. The molecule has 2 N–H and O–H groups in total. The van der Waals surface area contributed by atoms with Gasteiger partial charge in [0.25, 0.3) is 0 Å². The minimum atomic E-state index is -3.39. The van der Waals surface area contributed by atoms with Crippen LogP contribution in [0.5, 0.6) is 0 Å². The molecule has 0 aliphatic carbocycles. The van der Waals surface area contributed by atoms with Gasteiger partial charge in [0.05, 0.1) is 4.90 Å². The van der Waals surface area contributed by atoms with Gasteiger partial charge in [0.2, 0.25) is 10.0 Å². The molecule has 1 aromatic rings. The van der Waals surface area contributed by atoms with E-state index in [1.54, 1.807) is 12.1 Å². The highest BCUT2D eigenvalue weighted by molar-refractivity contribution is 7.89. The molecule has 102 valence electrons. The average Bonchev–Trinajstić information content (AvgIpc) is 2.37. The molecule has 0 saturated heterocycles. The fraction of sp³-hybridized carbons (Fsp3) is 0.538. The van der Waals surface area contributed by atoms with Gasteiger partial charge in [-0.3, -0.25) is 0 Å². The quantitative estimate of drug-likeness (QED) is 0.795. The number of sulfonamides is 1. The van der Waals surface area contributed by atoms with E-state index in [-0.39, 0.29) is 6.04 Å². The van der Waals surface area contributed by atoms with Crippen molar-refractivity contribution in [3.8, 4) is 0 Å². The van der Waals surface area contributed by atoms with Crippen molar-refractivity contribution in [2.45, 2.75) is 44.2 Å². The molecule has 5 heteroatoms. The molecule has 0 aliphatic rings. The summed E-state index contributed by atoms with van der Waals surface area (Å²) in [6.07, 6.45) is 1.60.